The number of rotatable bonds is 4. The minimum absolute atomic E-state index is 0.254. The molecule has 1 aliphatic rings. The highest BCUT2D eigenvalue weighted by Gasteiger charge is 2.23. The van der Waals surface area contributed by atoms with Gasteiger partial charge in [-0.2, -0.15) is 4.98 Å². The molecule has 1 saturated carbocycles. The van der Waals surface area contributed by atoms with Gasteiger partial charge in [-0.25, -0.2) is 4.39 Å². The largest absolute Gasteiger partial charge is 0.339 e. The van der Waals surface area contributed by atoms with Gasteiger partial charge in [-0.15, -0.1) is 0 Å². The van der Waals surface area contributed by atoms with Crippen LogP contribution in [0.5, 0.6) is 0 Å². The van der Waals surface area contributed by atoms with Crippen LogP contribution in [-0.2, 0) is 0 Å². The molecule has 1 fully saturated rings. The van der Waals surface area contributed by atoms with Crippen LogP contribution in [0, 0.1) is 12.7 Å². The third-order valence-corrected chi connectivity index (χ3v) is 4.99. The Morgan fingerprint density at radius 3 is 2.59 bits per heavy atom. The van der Waals surface area contributed by atoms with Crippen molar-refractivity contribution < 1.29 is 13.7 Å². The highest BCUT2D eigenvalue weighted by atomic mass is 19.1. The van der Waals surface area contributed by atoms with E-state index in [0.29, 0.717) is 34.4 Å². The number of halogens is 1. The predicted octanol–water partition coefficient (Wildman–Crippen LogP) is 5.09. The fourth-order valence-electron chi connectivity index (χ4n) is 3.42. The second-order valence-corrected chi connectivity index (χ2v) is 6.93. The summed E-state index contributed by atoms with van der Waals surface area (Å²) in [6, 6.07) is 11.3. The molecule has 1 aliphatic carbocycles. The predicted molar refractivity (Wildman–Crippen MR) is 100 cm³/mol. The van der Waals surface area contributed by atoms with Gasteiger partial charge in [0.2, 0.25) is 11.7 Å². The van der Waals surface area contributed by atoms with E-state index in [1.807, 2.05) is 0 Å². The number of anilines is 1. The zero-order valence-electron chi connectivity index (χ0n) is 15.0. The molecule has 0 unspecified atom stereocenters. The van der Waals surface area contributed by atoms with E-state index in [1.54, 1.807) is 37.3 Å². The molecule has 0 radical (unpaired) electrons. The van der Waals surface area contributed by atoms with E-state index in [9.17, 15) is 9.18 Å². The fourth-order valence-corrected chi connectivity index (χ4v) is 3.42. The first-order valence-electron chi connectivity index (χ1n) is 9.12. The molecule has 1 aromatic heterocycles. The van der Waals surface area contributed by atoms with Crippen LogP contribution in [0.25, 0.3) is 11.4 Å². The van der Waals surface area contributed by atoms with E-state index in [4.69, 9.17) is 4.52 Å². The van der Waals surface area contributed by atoms with Crippen LogP contribution in [0.1, 0.15) is 53.4 Å². The molecule has 3 aromatic rings. The van der Waals surface area contributed by atoms with Gasteiger partial charge in [-0.3, -0.25) is 4.79 Å². The summed E-state index contributed by atoms with van der Waals surface area (Å²) in [6.07, 6.45) is 4.62. The van der Waals surface area contributed by atoms with Gasteiger partial charge in [0.15, 0.2) is 0 Å². The van der Waals surface area contributed by atoms with Gasteiger partial charge >= 0.3 is 0 Å². The number of nitrogens with zero attached hydrogens (tertiary/aromatic N) is 2. The molecule has 1 heterocycles. The smallest absolute Gasteiger partial charge is 0.255 e. The lowest BCUT2D eigenvalue weighted by molar-refractivity contribution is 0.102. The quantitative estimate of drug-likeness (QED) is 0.699. The first-order valence-corrected chi connectivity index (χ1v) is 9.12. The van der Waals surface area contributed by atoms with E-state index in [0.717, 1.165) is 18.4 Å². The van der Waals surface area contributed by atoms with Crippen LogP contribution in [0.3, 0.4) is 0 Å². The summed E-state index contributed by atoms with van der Waals surface area (Å²) >= 11 is 0. The fraction of sp³-hybridized carbons (Fsp3) is 0.286. The SMILES string of the molecule is Cc1cc(F)ccc1NC(=O)c1ccc(-c2noc(C3CCCC3)n2)cc1. The van der Waals surface area contributed by atoms with Crippen molar-refractivity contribution >= 4 is 11.6 Å². The number of amides is 1. The maximum atomic E-state index is 13.2. The highest BCUT2D eigenvalue weighted by Crippen LogP contribution is 2.33. The molecule has 4 rings (SSSR count). The molecule has 2 aromatic carbocycles. The van der Waals surface area contributed by atoms with Crippen molar-refractivity contribution in [3.8, 4) is 11.4 Å². The average molecular weight is 365 g/mol. The van der Waals surface area contributed by atoms with Gasteiger partial charge in [-0.05, 0) is 55.7 Å². The van der Waals surface area contributed by atoms with Crippen molar-refractivity contribution in [2.45, 2.75) is 38.5 Å². The summed E-state index contributed by atoms with van der Waals surface area (Å²) in [5.41, 5.74) is 2.57. The molecule has 0 spiro atoms. The Morgan fingerprint density at radius 1 is 1.15 bits per heavy atom. The molecular weight excluding hydrogens is 345 g/mol. The molecule has 0 aliphatic heterocycles. The maximum absolute atomic E-state index is 13.2. The van der Waals surface area contributed by atoms with E-state index in [1.165, 1.54) is 25.0 Å². The topological polar surface area (TPSA) is 68.0 Å². The zero-order valence-corrected chi connectivity index (χ0v) is 15.0. The second-order valence-electron chi connectivity index (χ2n) is 6.93. The van der Waals surface area contributed by atoms with Crippen LogP contribution in [0.4, 0.5) is 10.1 Å². The van der Waals surface area contributed by atoms with Crippen LogP contribution in [-0.4, -0.2) is 16.0 Å². The monoisotopic (exact) mass is 365 g/mol. The third-order valence-electron chi connectivity index (χ3n) is 4.99. The summed E-state index contributed by atoms with van der Waals surface area (Å²) in [5, 5.41) is 6.87. The van der Waals surface area contributed by atoms with Gasteiger partial charge < -0.3 is 9.84 Å². The number of nitrogens with one attached hydrogen (secondary N) is 1. The Hall–Kier alpha value is -3.02. The summed E-state index contributed by atoms with van der Waals surface area (Å²) in [7, 11) is 0. The molecule has 5 nitrogen and oxygen atoms in total. The molecule has 27 heavy (non-hydrogen) atoms. The van der Waals surface area contributed by atoms with Gasteiger partial charge in [0.1, 0.15) is 5.82 Å². The summed E-state index contributed by atoms with van der Waals surface area (Å²) in [4.78, 5) is 16.9. The number of carbonyl (C=O) groups excluding carboxylic acids is 1. The van der Waals surface area contributed by atoms with Crippen molar-refractivity contribution in [1.82, 2.24) is 10.1 Å². The van der Waals surface area contributed by atoms with Gasteiger partial charge in [-0.1, -0.05) is 30.1 Å². The number of benzene rings is 2. The van der Waals surface area contributed by atoms with Gasteiger partial charge in [0, 0.05) is 22.7 Å². The van der Waals surface area contributed by atoms with Crippen molar-refractivity contribution in [1.29, 1.82) is 0 Å². The molecule has 1 amide bonds. The van der Waals surface area contributed by atoms with E-state index < -0.39 is 0 Å². The minimum atomic E-state index is -0.327. The Kier molecular flexibility index (Phi) is 4.71. The van der Waals surface area contributed by atoms with Crippen LogP contribution in [0.2, 0.25) is 0 Å². The number of hydrogen-bond donors (Lipinski definition) is 1. The Bertz CT molecular complexity index is 960. The van der Waals surface area contributed by atoms with E-state index >= 15 is 0 Å². The summed E-state index contributed by atoms with van der Waals surface area (Å²) in [5.74, 6) is 1.03. The lowest BCUT2D eigenvalue weighted by atomic mass is 10.1. The normalized spacial score (nSPS) is 14.4. The number of hydrogen-bond acceptors (Lipinski definition) is 4. The Balaban J connectivity index is 1.47. The lowest BCUT2D eigenvalue weighted by Crippen LogP contribution is -2.12. The van der Waals surface area contributed by atoms with Crippen molar-refractivity contribution in [2.24, 2.45) is 0 Å². The summed E-state index contributed by atoms with van der Waals surface area (Å²) in [6.45, 7) is 1.75. The number of aryl methyl sites for hydroxylation is 1. The molecule has 0 saturated heterocycles. The highest BCUT2D eigenvalue weighted by molar-refractivity contribution is 6.04. The second kappa shape index (κ2) is 7.31. The van der Waals surface area contributed by atoms with Crippen molar-refractivity contribution in [3.63, 3.8) is 0 Å². The minimum Gasteiger partial charge on any atom is -0.339 e. The zero-order chi connectivity index (χ0) is 18.8. The molecule has 1 N–H and O–H groups in total. The van der Waals surface area contributed by atoms with Crippen molar-refractivity contribution in [2.75, 3.05) is 5.32 Å². The van der Waals surface area contributed by atoms with Crippen LogP contribution in [0.15, 0.2) is 47.0 Å². The van der Waals surface area contributed by atoms with E-state index in [2.05, 4.69) is 15.5 Å². The average Bonchev–Trinajstić information content (AvgIpc) is 3.35. The molecule has 0 atom stereocenters. The molecule has 6 heteroatoms. The van der Waals surface area contributed by atoms with Crippen LogP contribution >= 0.6 is 0 Å². The molecule has 138 valence electrons. The summed E-state index contributed by atoms with van der Waals surface area (Å²) < 4.78 is 18.6. The van der Waals surface area contributed by atoms with Gasteiger partial charge in [0.05, 0.1) is 0 Å². The Morgan fingerprint density at radius 2 is 1.89 bits per heavy atom. The van der Waals surface area contributed by atoms with Gasteiger partial charge in [0.25, 0.3) is 5.91 Å². The number of carbonyl (C=O) groups is 1. The standard InChI is InChI=1S/C21H20FN3O2/c1-13-12-17(22)10-11-18(13)23-20(26)15-8-6-14(7-9-15)19-24-21(27-25-19)16-4-2-3-5-16/h6-12,16H,2-5H2,1H3,(H,23,26). The maximum Gasteiger partial charge on any atom is 0.255 e. The van der Waals surface area contributed by atoms with Crippen LogP contribution < -0.4 is 5.32 Å². The first kappa shape index (κ1) is 17.4. The Labute approximate surface area is 156 Å². The lowest BCUT2D eigenvalue weighted by Gasteiger charge is -2.08. The molecule has 0 bridgehead atoms. The molecular formula is C21H20FN3O2. The third kappa shape index (κ3) is 3.74. The number of aromatic nitrogens is 2. The first-order chi connectivity index (χ1) is 13.1. The van der Waals surface area contributed by atoms with Crippen molar-refractivity contribution in [3.05, 3.63) is 65.3 Å². The van der Waals surface area contributed by atoms with E-state index in [-0.39, 0.29) is 11.7 Å².